The fourth-order valence-corrected chi connectivity index (χ4v) is 4.69. The number of amides is 4. The number of aryl methyl sites for hydroxylation is 2. The second-order valence-electron chi connectivity index (χ2n) is 9.68. The van der Waals surface area contributed by atoms with Gasteiger partial charge in [-0.05, 0) is 72.7 Å². The molecule has 2 atom stereocenters. The van der Waals surface area contributed by atoms with E-state index >= 15 is 0 Å². The zero-order valence-corrected chi connectivity index (χ0v) is 24.5. The number of nitrogens with two attached hydrogens (primary N) is 2. The van der Waals surface area contributed by atoms with Crippen LogP contribution in [0.1, 0.15) is 43.4 Å². The first-order valence-electron chi connectivity index (χ1n) is 12.7. The first-order chi connectivity index (χ1) is 18.3. The molecule has 4 rings (SSSR count). The monoisotopic (exact) mass is 596 g/mol. The molecule has 4 N–H and O–H groups in total. The van der Waals surface area contributed by atoms with Crippen molar-refractivity contribution in [2.75, 3.05) is 23.9 Å². The van der Waals surface area contributed by atoms with Gasteiger partial charge in [0.15, 0.2) is 0 Å². The highest BCUT2D eigenvalue weighted by atomic mass is 79.9. The predicted molar refractivity (Wildman–Crippen MR) is 160 cm³/mol. The van der Waals surface area contributed by atoms with Crippen molar-refractivity contribution in [3.05, 3.63) is 76.3 Å². The van der Waals surface area contributed by atoms with E-state index in [1.807, 2.05) is 51.2 Å². The Hall–Kier alpha value is -3.72. The fraction of sp³-hybridized carbons (Fsp3) is 0.333. The van der Waals surface area contributed by atoms with Crippen LogP contribution in [0.5, 0.6) is 0 Å². The van der Waals surface area contributed by atoms with Crippen LogP contribution in [-0.2, 0) is 32.0 Å². The summed E-state index contributed by atoms with van der Waals surface area (Å²) < 4.78 is 1.02. The molecule has 9 heteroatoms. The van der Waals surface area contributed by atoms with Crippen molar-refractivity contribution >= 4 is 57.0 Å². The van der Waals surface area contributed by atoms with Gasteiger partial charge in [-0.3, -0.25) is 19.2 Å². The van der Waals surface area contributed by atoms with Gasteiger partial charge in [-0.15, -0.1) is 0 Å². The van der Waals surface area contributed by atoms with Crippen molar-refractivity contribution in [3.8, 4) is 0 Å². The Morgan fingerprint density at radius 1 is 0.872 bits per heavy atom. The lowest BCUT2D eigenvalue weighted by molar-refractivity contribution is -0.122. The Morgan fingerprint density at radius 2 is 1.33 bits per heavy atom. The molecule has 2 aliphatic heterocycles. The van der Waals surface area contributed by atoms with E-state index in [0.717, 1.165) is 58.7 Å². The molecular weight excluding hydrogens is 560 g/mol. The number of fused-ring (bicyclic) bond motifs is 2. The predicted octanol–water partition coefficient (Wildman–Crippen LogP) is 4.38. The third-order valence-corrected chi connectivity index (χ3v) is 7.21. The Morgan fingerprint density at radius 3 is 1.79 bits per heavy atom. The van der Waals surface area contributed by atoms with Crippen LogP contribution in [0.4, 0.5) is 11.4 Å². The molecular formula is C30H37BrN4O4. The fourth-order valence-electron chi connectivity index (χ4n) is 4.34. The molecule has 2 aliphatic rings. The maximum absolute atomic E-state index is 12.1. The van der Waals surface area contributed by atoms with Crippen LogP contribution >= 0.6 is 15.9 Å². The number of nitrogens with zero attached hydrogens (tertiary/aromatic N) is 2. The second-order valence-corrected chi connectivity index (χ2v) is 10.6. The van der Waals surface area contributed by atoms with E-state index in [0.29, 0.717) is 0 Å². The smallest absolute Gasteiger partial charge is 0.241 e. The number of halogens is 1. The van der Waals surface area contributed by atoms with Crippen LogP contribution in [-0.4, -0.2) is 37.7 Å². The van der Waals surface area contributed by atoms with Crippen molar-refractivity contribution < 1.29 is 19.2 Å². The van der Waals surface area contributed by atoms with Crippen molar-refractivity contribution in [1.29, 1.82) is 0 Å². The maximum atomic E-state index is 12.1. The van der Waals surface area contributed by atoms with Crippen LogP contribution in [0.2, 0.25) is 0 Å². The van der Waals surface area contributed by atoms with Crippen LogP contribution in [0.15, 0.2) is 59.6 Å². The summed E-state index contributed by atoms with van der Waals surface area (Å²) in [5.74, 6) is -0.442. The van der Waals surface area contributed by atoms with Crippen molar-refractivity contribution in [1.82, 2.24) is 0 Å². The quantitative estimate of drug-likeness (QED) is 0.509. The minimum atomic E-state index is -0.481. The molecule has 208 valence electrons. The highest BCUT2D eigenvalue weighted by Crippen LogP contribution is 2.31. The van der Waals surface area contributed by atoms with Gasteiger partial charge >= 0.3 is 0 Å². The number of hydrogen-bond donors (Lipinski definition) is 2. The van der Waals surface area contributed by atoms with Crippen molar-refractivity contribution in [3.63, 3.8) is 0 Å². The molecule has 8 nitrogen and oxygen atoms in total. The van der Waals surface area contributed by atoms with Gasteiger partial charge in [-0.1, -0.05) is 54.6 Å². The number of anilines is 2. The largest absolute Gasteiger partial charge is 0.366 e. The van der Waals surface area contributed by atoms with Crippen LogP contribution in [0, 0.1) is 11.8 Å². The van der Waals surface area contributed by atoms with E-state index in [-0.39, 0.29) is 23.7 Å². The summed E-state index contributed by atoms with van der Waals surface area (Å²) in [6, 6.07) is 12.0. The van der Waals surface area contributed by atoms with Crippen LogP contribution < -0.4 is 21.3 Å². The standard InChI is InChI=1S/C15H18N2O2.C12H14BrNO.C3H5NO/c1-10-3-6-12-7-4-11(5-8-14(16)18)9-13(12)17(2)15(10)19;1-8-3-4-9-5-6-10(13)7-11(9)14(2)12(8)15;1-2-3(4)5/h4-5,7-10H,3,6H2,1-2H3,(H2,16,18);5-8H,3-4H2,1-2H3;2H,1H2,(H2,4,5)/b8-5+;;/t10-;8-;/m00./s1. The molecule has 0 unspecified atom stereocenters. The normalized spacial score (nSPS) is 18.4. The molecule has 0 spiro atoms. The number of carbonyl (C=O) groups is 4. The third kappa shape index (κ3) is 8.92. The number of carbonyl (C=O) groups excluding carboxylic acids is 4. The molecule has 0 fully saturated rings. The summed E-state index contributed by atoms with van der Waals surface area (Å²) in [6.45, 7) is 7.04. The highest BCUT2D eigenvalue weighted by Gasteiger charge is 2.25. The van der Waals surface area contributed by atoms with Gasteiger partial charge in [0.1, 0.15) is 0 Å². The summed E-state index contributed by atoms with van der Waals surface area (Å²) in [7, 11) is 3.65. The average molecular weight is 598 g/mol. The second kappa shape index (κ2) is 14.4. The van der Waals surface area contributed by atoms with Gasteiger partial charge in [0, 0.05) is 47.9 Å². The summed E-state index contributed by atoms with van der Waals surface area (Å²) in [6.07, 6.45) is 7.73. The van der Waals surface area contributed by atoms with Crippen molar-refractivity contribution in [2.24, 2.45) is 23.3 Å². The average Bonchev–Trinajstić information content (AvgIpc) is 3.09. The molecule has 0 aromatic heterocycles. The van der Waals surface area contributed by atoms with E-state index in [9.17, 15) is 19.2 Å². The Bertz CT molecular complexity index is 1270. The molecule has 0 aliphatic carbocycles. The number of hydrogen-bond acceptors (Lipinski definition) is 4. The molecule has 2 aromatic rings. The third-order valence-electron chi connectivity index (χ3n) is 6.72. The molecule has 2 aromatic carbocycles. The van der Waals surface area contributed by atoms with Crippen LogP contribution in [0.3, 0.4) is 0 Å². The molecule has 0 saturated heterocycles. The zero-order chi connectivity index (χ0) is 29.3. The van der Waals surface area contributed by atoms with Gasteiger partial charge in [-0.2, -0.15) is 0 Å². The van der Waals surface area contributed by atoms with Gasteiger partial charge in [0.05, 0.1) is 0 Å². The van der Waals surface area contributed by atoms with E-state index in [2.05, 4.69) is 34.3 Å². The lowest BCUT2D eigenvalue weighted by Crippen LogP contribution is -2.30. The Kier molecular flexibility index (Phi) is 11.7. The molecule has 0 radical (unpaired) electrons. The van der Waals surface area contributed by atoms with Gasteiger partial charge in [0.2, 0.25) is 23.6 Å². The van der Waals surface area contributed by atoms with E-state index < -0.39 is 11.8 Å². The zero-order valence-electron chi connectivity index (χ0n) is 22.9. The Balaban J connectivity index is 0.000000238. The SMILES string of the molecule is C=CC(N)=O.C[C@H]1CCc2ccc(/C=C/C(N)=O)cc2N(C)C1=O.C[C@H]1CCc2ccc(Br)cc2N(C)C1=O. The highest BCUT2D eigenvalue weighted by molar-refractivity contribution is 9.10. The molecule has 4 amide bonds. The van der Waals surface area contributed by atoms with E-state index in [1.54, 1.807) is 22.9 Å². The lowest BCUT2D eigenvalue weighted by atomic mass is 10.0. The van der Waals surface area contributed by atoms with Gasteiger partial charge in [0.25, 0.3) is 0 Å². The van der Waals surface area contributed by atoms with Gasteiger partial charge < -0.3 is 21.3 Å². The summed E-state index contributed by atoms with van der Waals surface area (Å²) in [5, 5.41) is 0. The topological polar surface area (TPSA) is 127 Å². The number of rotatable bonds is 3. The van der Waals surface area contributed by atoms with E-state index in [1.165, 1.54) is 11.6 Å². The van der Waals surface area contributed by atoms with Crippen molar-refractivity contribution in [2.45, 2.75) is 39.5 Å². The Labute approximate surface area is 238 Å². The maximum Gasteiger partial charge on any atom is 0.241 e. The first kappa shape index (κ1) is 31.5. The summed E-state index contributed by atoms with van der Waals surface area (Å²) in [5.41, 5.74) is 14.9. The number of primary amides is 2. The first-order valence-corrected chi connectivity index (χ1v) is 13.5. The minimum absolute atomic E-state index is 0.0435. The number of benzene rings is 2. The molecule has 0 saturated carbocycles. The van der Waals surface area contributed by atoms with Gasteiger partial charge in [-0.25, -0.2) is 0 Å². The lowest BCUT2D eigenvalue weighted by Gasteiger charge is -2.20. The van der Waals surface area contributed by atoms with E-state index in [4.69, 9.17) is 5.73 Å². The van der Waals surface area contributed by atoms with Crippen LogP contribution in [0.25, 0.3) is 6.08 Å². The summed E-state index contributed by atoms with van der Waals surface area (Å²) in [4.78, 5) is 47.7. The molecule has 2 heterocycles. The summed E-state index contributed by atoms with van der Waals surface area (Å²) >= 11 is 3.44. The molecule has 39 heavy (non-hydrogen) atoms. The molecule has 0 bridgehead atoms. The minimum Gasteiger partial charge on any atom is -0.366 e.